The van der Waals surface area contributed by atoms with Gasteiger partial charge in [-0.05, 0) is 32.2 Å². The third-order valence-electron chi connectivity index (χ3n) is 0.835. The van der Waals surface area contributed by atoms with Crippen molar-refractivity contribution in [3.8, 4) is 0 Å². The highest BCUT2D eigenvalue weighted by Gasteiger charge is 1.79. The van der Waals surface area contributed by atoms with Crippen LogP contribution in [0.3, 0.4) is 0 Å². The Bertz CT molecular complexity index is 27.3. The maximum absolute atomic E-state index is 4.07. The molecule has 0 amide bonds. The highest BCUT2D eigenvalue weighted by molar-refractivity contribution is 7.80. The van der Waals surface area contributed by atoms with Crippen molar-refractivity contribution in [2.45, 2.75) is 12.8 Å². The second-order valence-electron chi connectivity index (χ2n) is 1.53. The van der Waals surface area contributed by atoms with E-state index in [0.717, 1.165) is 12.3 Å². The SMILES string of the molecule is CNCCCCS. The largest absolute Gasteiger partial charge is 0.320 e. The average molecular weight is 119 g/mol. The van der Waals surface area contributed by atoms with Gasteiger partial charge in [-0.15, -0.1) is 0 Å². The van der Waals surface area contributed by atoms with Gasteiger partial charge in [0.05, 0.1) is 0 Å². The van der Waals surface area contributed by atoms with Crippen molar-refractivity contribution in [2.24, 2.45) is 0 Å². The van der Waals surface area contributed by atoms with Gasteiger partial charge in [-0.3, -0.25) is 0 Å². The summed E-state index contributed by atoms with van der Waals surface area (Å²) in [5, 5.41) is 3.07. The summed E-state index contributed by atoms with van der Waals surface area (Å²) in [7, 11) is 1.97. The molecule has 0 fully saturated rings. The minimum absolute atomic E-state index is 1.02. The summed E-state index contributed by atoms with van der Waals surface area (Å²) in [6.45, 7) is 1.13. The summed E-state index contributed by atoms with van der Waals surface area (Å²) in [6, 6.07) is 0. The lowest BCUT2D eigenvalue weighted by atomic mass is 10.3. The Kier molecular flexibility index (Phi) is 6.59. The lowest BCUT2D eigenvalue weighted by Crippen LogP contribution is -2.06. The first-order valence-electron chi connectivity index (χ1n) is 2.67. The molecule has 0 aromatic heterocycles. The van der Waals surface area contributed by atoms with Crippen molar-refractivity contribution in [1.29, 1.82) is 0 Å². The van der Waals surface area contributed by atoms with E-state index in [1.807, 2.05) is 7.05 Å². The molecule has 2 heteroatoms. The molecule has 1 N–H and O–H groups in total. The molecular weight excluding hydrogens is 106 g/mol. The van der Waals surface area contributed by atoms with Gasteiger partial charge in [-0.1, -0.05) is 0 Å². The lowest BCUT2D eigenvalue weighted by molar-refractivity contribution is 0.715. The minimum Gasteiger partial charge on any atom is -0.320 e. The molecule has 0 aliphatic carbocycles. The van der Waals surface area contributed by atoms with E-state index in [1.54, 1.807) is 0 Å². The average Bonchev–Trinajstić information content (AvgIpc) is 1.69. The predicted molar refractivity (Wildman–Crippen MR) is 37.0 cm³/mol. The highest BCUT2D eigenvalue weighted by atomic mass is 32.1. The second kappa shape index (κ2) is 6.31. The first-order chi connectivity index (χ1) is 3.41. The van der Waals surface area contributed by atoms with E-state index in [4.69, 9.17) is 0 Å². The molecular formula is C5H13NS. The first-order valence-corrected chi connectivity index (χ1v) is 3.30. The molecule has 0 aromatic carbocycles. The van der Waals surface area contributed by atoms with Gasteiger partial charge in [0.25, 0.3) is 0 Å². The zero-order valence-electron chi connectivity index (χ0n) is 4.78. The lowest BCUT2D eigenvalue weighted by Gasteiger charge is -1.92. The van der Waals surface area contributed by atoms with Crippen LogP contribution in [0.25, 0.3) is 0 Å². The van der Waals surface area contributed by atoms with Gasteiger partial charge in [0, 0.05) is 0 Å². The summed E-state index contributed by atoms with van der Waals surface area (Å²) in [4.78, 5) is 0. The fraction of sp³-hybridized carbons (Fsp3) is 1.00. The topological polar surface area (TPSA) is 12.0 Å². The summed E-state index contributed by atoms with van der Waals surface area (Å²) >= 11 is 4.07. The van der Waals surface area contributed by atoms with Crippen LogP contribution in [0, 0.1) is 0 Å². The number of thiol groups is 1. The molecule has 0 unspecified atom stereocenters. The van der Waals surface area contributed by atoms with Gasteiger partial charge < -0.3 is 5.32 Å². The Morgan fingerprint density at radius 3 is 2.57 bits per heavy atom. The Hall–Kier alpha value is 0.310. The number of rotatable bonds is 4. The van der Waals surface area contributed by atoms with Crippen LogP contribution in [0.5, 0.6) is 0 Å². The summed E-state index contributed by atoms with van der Waals surface area (Å²) < 4.78 is 0. The highest BCUT2D eigenvalue weighted by Crippen LogP contribution is 1.87. The molecule has 1 nitrogen and oxygen atoms in total. The molecule has 0 aromatic rings. The van der Waals surface area contributed by atoms with Gasteiger partial charge in [0.15, 0.2) is 0 Å². The van der Waals surface area contributed by atoms with Crippen molar-refractivity contribution < 1.29 is 0 Å². The van der Waals surface area contributed by atoms with E-state index in [9.17, 15) is 0 Å². The molecule has 0 radical (unpaired) electrons. The number of unbranched alkanes of at least 4 members (excludes halogenated alkanes) is 1. The summed E-state index contributed by atoms with van der Waals surface area (Å²) in [5.41, 5.74) is 0. The molecule has 0 atom stereocenters. The van der Waals surface area contributed by atoms with Crippen LogP contribution in [0.1, 0.15) is 12.8 Å². The maximum Gasteiger partial charge on any atom is -0.00516 e. The Balaban J connectivity index is 2.45. The fourth-order valence-corrected chi connectivity index (χ4v) is 0.637. The zero-order valence-corrected chi connectivity index (χ0v) is 5.67. The van der Waals surface area contributed by atoms with E-state index >= 15 is 0 Å². The Labute approximate surface area is 50.9 Å². The van der Waals surface area contributed by atoms with E-state index in [1.165, 1.54) is 12.8 Å². The zero-order chi connectivity index (χ0) is 5.54. The molecule has 0 bridgehead atoms. The van der Waals surface area contributed by atoms with Crippen molar-refractivity contribution in [3.05, 3.63) is 0 Å². The molecule has 0 rings (SSSR count). The van der Waals surface area contributed by atoms with Crippen molar-refractivity contribution in [1.82, 2.24) is 5.32 Å². The molecule has 0 saturated heterocycles. The maximum atomic E-state index is 4.07. The van der Waals surface area contributed by atoms with Crippen molar-refractivity contribution in [2.75, 3.05) is 19.3 Å². The quantitative estimate of drug-likeness (QED) is 0.414. The van der Waals surface area contributed by atoms with Crippen molar-refractivity contribution >= 4 is 12.6 Å². The van der Waals surface area contributed by atoms with Crippen LogP contribution in [-0.4, -0.2) is 19.3 Å². The Morgan fingerprint density at radius 2 is 2.14 bits per heavy atom. The minimum atomic E-state index is 1.02. The second-order valence-corrected chi connectivity index (χ2v) is 1.98. The van der Waals surface area contributed by atoms with Gasteiger partial charge in [0.1, 0.15) is 0 Å². The number of hydrogen-bond donors (Lipinski definition) is 2. The molecule has 0 heterocycles. The number of hydrogen-bond acceptors (Lipinski definition) is 2. The van der Waals surface area contributed by atoms with E-state index in [-0.39, 0.29) is 0 Å². The molecule has 0 saturated carbocycles. The van der Waals surface area contributed by atoms with Crippen LogP contribution in [0.15, 0.2) is 0 Å². The predicted octanol–water partition coefficient (Wildman–Crippen LogP) is 0.916. The molecule has 0 aliphatic heterocycles. The van der Waals surface area contributed by atoms with Crippen LogP contribution in [0.4, 0.5) is 0 Å². The molecule has 7 heavy (non-hydrogen) atoms. The smallest absolute Gasteiger partial charge is 0.00516 e. The van der Waals surface area contributed by atoms with Gasteiger partial charge >= 0.3 is 0 Å². The fourth-order valence-electron chi connectivity index (χ4n) is 0.414. The van der Waals surface area contributed by atoms with Gasteiger partial charge in [-0.2, -0.15) is 12.6 Å². The monoisotopic (exact) mass is 119 g/mol. The molecule has 44 valence electrons. The molecule has 0 spiro atoms. The normalized spacial score (nSPS) is 9.43. The van der Waals surface area contributed by atoms with Crippen LogP contribution in [0.2, 0.25) is 0 Å². The number of nitrogens with one attached hydrogen (secondary N) is 1. The first kappa shape index (κ1) is 7.31. The van der Waals surface area contributed by atoms with Crippen LogP contribution < -0.4 is 5.32 Å². The van der Waals surface area contributed by atoms with E-state index in [2.05, 4.69) is 17.9 Å². The third-order valence-corrected chi connectivity index (χ3v) is 1.15. The molecule has 0 aliphatic rings. The van der Waals surface area contributed by atoms with Crippen LogP contribution in [-0.2, 0) is 0 Å². The third kappa shape index (κ3) is 6.31. The van der Waals surface area contributed by atoms with Gasteiger partial charge in [0.2, 0.25) is 0 Å². The van der Waals surface area contributed by atoms with Gasteiger partial charge in [-0.25, -0.2) is 0 Å². The van der Waals surface area contributed by atoms with Crippen molar-refractivity contribution in [3.63, 3.8) is 0 Å². The summed E-state index contributed by atoms with van der Waals surface area (Å²) in [6.07, 6.45) is 2.48. The Morgan fingerprint density at radius 1 is 1.43 bits per heavy atom. The van der Waals surface area contributed by atoms with Crippen LogP contribution >= 0.6 is 12.6 Å². The summed E-state index contributed by atoms with van der Waals surface area (Å²) in [5.74, 6) is 1.02. The van der Waals surface area contributed by atoms with E-state index < -0.39 is 0 Å². The van der Waals surface area contributed by atoms with E-state index in [0.29, 0.717) is 0 Å². The standard InChI is InChI=1S/C5H13NS/c1-6-4-2-3-5-7/h6-7H,2-5H2,1H3.